The lowest BCUT2D eigenvalue weighted by Crippen LogP contribution is -2.27. The number of carboxylic acid groups (broad SMARTS) is 1. The SMILES string of the molecule is CC1=C/C(=C(\C(=N)C(=O)O)C(=O)Nc2ccccc2)C=C(/C=C/c2ccc(N(C)C)cc2)O1. The largest absolute Gasteiger partial charge is 0.477 e. The van der Waals surface area contributed by atoms with Gasteiger partial charge in [-0.25, -0.2) is 4.79 Å². The average molecular weight is 444 g/mol. The van der Waals surface area contributed by atoms with E-state index in [2.05, 4.69) is 5.32 Å². The molecule has 0 fully saturated rings. The van der Waals surface area contributed by atoms with Crippen molar-refractivity contribution < 1.29 is 19.4 Å². The Kier molecular flexibility index (Phi) is 7.25. The van der Waals surface area contributed by atoms with Crippen LogP contribution < -0.4 is 10.2 Å². The van der Waals surface area contributed by atoms with Gasteiger partial charge in [0.1, 0.15) is 11.5 Å². The van der Waals surface area contributed by atoms with E-state index in [4.69, 9.17) is 10.1 Å². The molecule has 0 unspecified atom stereocenters. The van der Waals surface area contributed by atoms with Crippen LogP contribution in [0.15, 0.2) is 95.5 Å². The number of hydrogen-bond donors (Lipinski definition) is 3. The minimum atomic E-state index is -1.50. The number of rotatable bonds is 7. The van der Waals surface area contributed by atoms with Gasteiger partial charge in [-0.15, -0.1) is 0 Å². The summed E-state index contributed by atoms with van der Waals surface area (Å²) in [6, 6.07) is 16.6. The van der Waals surface area contributed by atoms with Crippen LogP contribution in [0.4, 0.5) is 11.4 Å². The van der Waals surface area contributed by atoms with Gasteiger partial charge in [-0.1, -0.05) is 36.4 Å². The summed E-state index contributed by atoms with van der Waals surface area (Å²) in [5.74, 6) is -1.29. The van der Waals surface area contributed by atoms with Gasteiger partial charge in [0.15, 0.2) is 5.71 Å². The van der Waals surface area contributed by atoms with Crippen LogP contribution in [-0.2, 0) is 14.3 Å². The molecular weight excluding hydrogens is 418 g/mol. The summed E-state index contributed by atoms with van der Waals surface area (Å²) in [7, 11) is 3.93. The number of nitrogens with one attached hydrogen (secondary N) is 2. The van der Waals surface area contributed by atoms with Crippen molar-refractivity contribution in [2.45, 2.75) is 6.92 Å². The van der Waals surface area contributed by atoms with E-state index in [-0.39, 0.29) is 11.1 Å². The molecule has 2 aromatic rings. The van der Waals surface area contributed by atoms with Crippen molar-refractivity contribution in [1.82, 2.24) is 0 Å². The maximum Gasteiger partial charge on any atom is 0.354 e. The average Bonchev–Trinajstić information content (AvgIpc) is 2.78. The molecule has 1 aliphatic heterocycles. The predicted octanol–water partition coefficient (Wildman–Crippen LogP) is 4.62. The minimum absolute atomic E-state index is 0.254. The fourth-order valence-corrected chi connectivity index (χ4v) is 3.16. The van der Waals surface area contributed by atoms with Crippen molar-refractivity contribution in [3.8, 4) is 0 Å². The maximum absolute atomic E-state index is 12.9. The lowest BCUT2D eigenvalue weighted by molar-refractivity contribution is -0.129. The van der Waals surface area contributed by atoms with Gasteiger partial charge in [-0.2, -0.15) is 0 Å². The molecule has 0 saturated carbocycles. The number of hydrogen-bond acceptors (Lipinski definition) is 5. The first-order chi connectivity index (χ1) is 15.7. The molecule has 0 aliphatic carbocycles. The minimum Gasteiger partial charge on any atom is -0.477 e. The van der Waals surface area contributed by atoms with Crippen LogP contribution in [0.1, 0.15) is 12.5 Å². The number of aliphatic carboxylic acids is 1. The molecular formula is C26H25N3O4. The Morgan fingerprint density at radius 2 is 1.67 bits per heavy atom. The van der Waals surface area contributed by atoms with E-state index in [0.29, 0.717) is 17.2 Å². The molecule has 0 spiro atoms. The summed E-state index contributed by atoms with van der Waals surface area (Å²) in [6.07, 6.45) is 6.68. The van der Waals surface area contributed by atoms with Gasteiger partial charge in [0.25, 0.3) is 5.91 Å². The molecule has 0 aromatic heterocycles. The first-order valence-electron chi connectivity index (χ1n) is 10.2. The summed E-state index contributed by atoms with van der Waals surface area (Å²) < 4.78 is 5.73. The molecule has 3 rings (SSSR count). The molecule has 1 heterocycles. The van der Waals surface area contributed by atoms with Crippen molar-refractivity contribution in [2.75, 3.05) is 24.3 Å². The van der Waals surface area contributed by atoms with Crippen LogP contribution in [-0.4, -0.2) is 36.8 Å². The Morgan fingerprint density at radius 3 is 2.27 bits per heavy atom. The third-order valence-corrected chi connectivity index (χ3v) is 4.80. The van der Waals surface area contributed by atoms with Gasteiger partial charge in [0.2, 0.25) is 0 Å². The summed E-state index contributed by atoms with van der Waals surface area (Å²) in [4.78, 5) is 26.5. The quantitative estimate of drug-likeness (QED) is 0.428. The molecule has 2 aromatic carbocycles. The summed E-state index contributed by atoms with van der Waals surface area (Å²) >= 11 is 0. The first-order valence-corrected chi connectivity index (χ1v) is 10.2. The number of benzene rings is 2. The third-order valence-electron chi connectivity index (χ3n) is 4.80. The molecule has 1 aliphatic rings. The summed E-state index contributed by atoms with van der Waals surface area (Å²) in [6.45, 7) is 1.70. The van der Waals surface area contributed by atoms with Crippen LogP contribution in [0.2, 0.25) is 0 Å². The number of carbonyl (C=O) groups excluding carboxylic acids is 1. The van der Waals surface area contributed by atoms with Crippen molar-refractivity contribution >= 4 is 35.0 Å². The molecule has 3 N–H and O–H groups in total. The lowest BCUT2D eigenvalue weighted by atomic mass is 9.99. The molecule has 168 valence electrons. The van der Waals surface area contributed by atoms with Crippen LogP contribution >= 0.6 is 0 Å². The van der Waals surface area contributed by atoms with E-state index in [1.54, 1.807) is 55.5 Å². The fraction of sp³-hybridized carbons (Fsp3) is 0.115. The number of amides is 1. The van der Waals surface area contributed by atoms with Gasteiger partial charge in [-0.05, 0) is 60.6 Å². The highest BCUT2D eigenvalue weighted by molar-refractivity contribution is 6.49. The van der Waals surface area contributed by atoms with Crippen LogP contribution in [0.5, 0.6) is 0 Å². The molecule has 1 amide bonds. The second-order valence-electron chi connectivity index (χ2n) is 7.55. The zero-order valence-corrected chi connectivity index (χ0v) is 18.6. The molecule has 0 atom stereocenters. The molecule has 7 heteroatoms. The molecule has 0 bridgehead atoms. The molecule has 7 nitrogen and oxygen atoms in total. The number of ether oxygens (including phenoxy) is 1. The molecule has 0 saturated heterocycles. The topological polar surface area (TPSA) is 103 Å². The highest BCUT2D eigenvalue weighted by Gasteiger charge is 2.25. The van der Waals surface area contributed by atoms with Crippen LogP contribution in [0, 0.1) is 5.41 Å². The number of carbonyl (C=O) groups is 2. The van der Waals surface area contributed by atoms with E-state index >= 15 is 0 Å². The molecule has 33 heavy (non-hydrogen) atoms. The highest BCUT2D eigenvalue weighted by atomic mass is 16.5. The lowest BCUT2D eigenvalue weighted by Gasteiger charge is -2.17. The van der Waals surface area contributed by atoms with Crippen LogP contribution in [0.25, 0.3) is 6.08 Å². The maximum atomic E-state index is 12.9. The van der Waals surface area contributed by atoms with Gasteiger partial charge >= 0.3 is 5.97 Å². The van der Waals surface area contributed by atoms with E-state index in [0.717, 1.165) is 11.3 Å². The zero-order valence-electron chi connectivity index (χ0n) is 18.6. The van der Waals surface area contributed by atoms with Gasteiger partial charge in [0.05, 0.1) is 5.57 Å². The number of anilines is 2. The van der Waals surface area contributed by atoms with E-state index < -0.39 is 17.6 Å². The Morgan fingerprint density at radius 1 is 1.00 bits per heavy atom. The van der Waals surface area contributed by atoms with E-state index in [9.17, 15) is 14.7 Å². The van der Waals surface area contributed by atoms with Crippen molar-refractivity contribution in [3.05, 3.63) is 101 Å². The Hall–Kier alpha value is -4.39. The number of para-hydroxylation sites is 1. The summed E-state index contributed by atoms with van der Waals surface area (Å²) in [5, 5.41) is 20.1. The molecule has 0 radical (unpaired) electrons. The van der Waals surface area contributed by atoms with Crippen molar-refractivity contribution in [3.63, 3.8) is 0 Å². The summed E-state index contributed by atoms with van der Waals surface area (Å²) in [5.41, 5.74) is 1.74. The number of carboxylic acids is 1. The Labute approximate surface area is 192 Å². The van der Waals surface area contributed by atoms with E-state index in [1.165, 1.54) is 0 Å². The highest BCUT2D eigenvalue weighted by Crippen LogP contribution is 2.25. The van der Waals surface area contributed by atoms with Gasteiger partial charge in [0, 0.05) is 25.5 Å². The monoisotopic (exact) mass is 443 g/mol. The Balaban J connectivity index is 1.95. The standard InChI is InChI=1S/C26H25N3O4/c1-17-15-19(16-22(33-17)14-11-18-9-12-21(13-10-18)29(2)3)23(24(27)26(31)32)25(30)28-20-7-5-4-6-8-20/h4-16,27H,1-3H3,(H,28,30)(H,31,32)/b14-11+,23-19-,27-24?. The van der Waals surface area contributed by atoms with Crippen LogP contribution in [0.3, 0.4) is 0 Å². The van der Waals surface area contributed by atoms with E-state index in [1.807, 2.05) is 49.3 Å². The zero-order chi connectivity index (χ0) is 24.0. The smallest absolute Gasteiger partial charge is 0.354 e. The number of nitrogens with zero attached hydrogens (tertiary/aromatic N) is 1. The second-order valence-corrected chi connectivity index (χ2v) is 7.55. The van der Waals surface area contributed by atoms with Gasteiger partial charge in [-0.3, -0.25) is 10.2 Å². The number of allylic oxidation sites excluding steroid dienone is 5. The Bertz CT molecular complexity index is 1190. The van der Waals surface area contributed by atoms with Crippen molar-refractivity contribution in [1.29, 1.82) is 5.41 Å². The van der Waals surface area contributed by atoms with Gasteiger partial charge < -0.3 is 20.1 Å². The van der Waals surface area contributed by atoms with Crippen molar-refractivity contribution in [2.24, 2.45) is 0 Å². The third kappa shape index (κ3) is 6.07. The second kappa shape index (κ2) is 10.3. The first kappa shape index (κ1) is 23.3. The fourth-order valence-electron chi connectivity index (χ4n) is 3.16. The normalized spacial score (nSPS) is 14.6. The predicted molar refractivity (Wildman–Crippen MR) is 130 cm³/mol.